The molecule has 2 heterocycles. The summed E-state index contributed by atoms with van der Waals surface area (Å²) in [6.45, 7) is 4.78. The maximum atomic E-state index is 13.0. The lowest BCUT2D eigenvalue weighted by atomic mass is 9.76. The van der Waals surface area contributed by atoms with Gasteiger partial charge in [0.2, 0.25) is 17.7 Å². The molecule has 1 aliphatic carbocycles. The van der Waals surface area contributed by atoms with E-state index < -0.39 is 11.9 Å². The van der Waals surface area contributed by atoms with Crippen LogP contribution in [0.2, 0.25) is 0 Å². The Balaban J connectivity index is 1.26. The van der Waals surface area contributed by atoms with Crippen LogP contribution in [0.1, 0.15) is 39.5 Å². The lowest BCUT2D eigenvalue weighted by molar-refractivity contribution is -0.139. The molecule has 0 radical (unpaired) electrons. The summed E-state index contributed by atoms with van der Waals surface area (Å²) in [6, 6.07) is 13.7. The molecule has 8 nitrogen and oxygen atoms in total. The molecule has 0 unspecified atom stereocenters. The first kappa shape index (κ1) is 24.0. The summed E-state index contributed by atoms with van der Waals surface area (Å²) in [4.78, 5) is 54.4. The predicted octanol–water partition coefficient (Wildman–Crippen LogP) is 3.97. The van der Waals surface area contributed by atoms with Gasteiger partial charge in [-0.25, -0.2) is 4.90 Å². The van der Waals surface area contributed by atoms with Crippen molar-refractivity contribution in [2.75, 3.05) is 23.0 Å². The number of anilines is 2. The van der Waals surface area contributed by atoms with Gasteiger partial charge in [0.25, 0.3) is 0 Å². The lowest BCUT2D eigenvalue weighted by Gasteiger charge is -2.25. The van der Waals surface area contributed by atoms with Crippen LogP contribution in [0.4, 0.5) is 11.4 Å². The number of esters is 1. The summed E-state index contributed by atoms with van der Waals surface area (Å²) in [7, 11) is 0. The maximum absolute atomic E-state index is 13.0. The number of hydrogen-bond acceptors (Lipinski definition) is 6. The third-order valence-corrected chi connectivity index (χ3v) is 7.40. The topological polar surface area (TPSA) is 93.2 Å². The van der Waals surface area contributed by atoms with E-state index in [1.807, 2.05) is 6.92 Å². The molecule has 0 bridgehead atoms. The van der Waals surface area contributed by atoms with E-state index in [9.17, 15) is 19.2 Å². The number of carbonyl (C=O) groups excluding carboxylic acids is 4. The van der Waals surface area contributed by atoms with Gasteiger partial charge >= 0.3 is 5.97 Å². The van der Waals surface area contributed by atoms with Crippen molar-refractivity contribution in [3.63, 3.8) is 0 Å². The molecular formula is C28H30N2O6. The van der Waals surface area contributed by atoms with Gasteiger partial charge < -0.3 is 14.4 Å². The fraction of sp³-hybridized carbons (Fsp3) is 0.429. The molecule has 3 amide bonds. The molecule has 5 rings (SSSR count). The zero-order valence-corrected chi connectivity index (χ0v) is 20.5. The van der Waals surface area contributed by atoms with Crippen LogP contribution in [0, 0.1) is 23.7 Å². The highest BCUT2D eigenvalue weighted by Gasteiger charge is 2.50. The van der Waals surface area contributed by atoms with Crippen LogP contribution >= 0.6 is 0 Å². The molecule has 2 aliphatic heterocycles. The second-order valence-corrected chi connectivity index (χ2v) is 9.89. The molecule has 0 N–H and O–H groups in total. The number of carbonyl (C=O) groups is 4. The van der Waals surface area contributed by atoms with Crippen molar-refractivity contribution < 1.29 is 28.7 Å². The number of fused-ring (bicyclic) bond motifs is 1. The van der Waals surface area contributed by atoms with Gasteiger partial charge in [0.15, 0.2) is 0 Å². The number of rotatable bonds is 6. The Morgan fingerprint density at radius 3 is 2.44 bits per heavy atom. The van der Waals surface area contributed by atoms with Crippen LogP contribution in [-0.4, -0.2) is 36.8 Å². The van der Waals surface area contributed by atoms with Gasteiger partial charge in [-0.3, -0.25) is 19.2 Å². The average Bonchev–Trinajstić information content (AvgIpc) is 3.37. The number of imide groups is 1. The SMILES string of the molecule is CCOc1ccc(N2C[C@@H](C(=O)Oc3cccc(N4C(=O)[C@H]5C[C@H](C)CC[C@H]5C4=O)c3)CC2=O)cc1. The minimum atomic E-state index is -0.618. The summed E-state index contributed by atoms with van der Waals surface area (Å²) < 4.78 is 11.0. The quantitative estimate of drug-likeness (QED) is 0.346. The van der Waals surface area contributed by atoms with Crippen LogP contribution in [0.5, 0.6) is 11.5 Å². The van der Waals surface area contributed by atoms with E-state index in [4.69, 9.17) is 9.47 Å². The molecule has 36 heavy (non-hydrogen) atoms. The standard InChI is InChI=1S/C28H30N2O6/c1-3-35-21-10-8-19(9-11-21)29-16-18(14-25(29)31)28(34)36-22-6-4-5-20(15-22)30-26(32)23-12-7-17(2)13-24(23)27(30)33/h4-6,8-11,15,17-18,23-24H,3,7,12-14,16H2,1-2H3/t17-,18+,23-,24+/m1/s1. The summed E-state index contributed by atoms with van der Waals surface area (Å²) in [6.07, 6.45) is 2.44. The summed E-state index contributed by atoms with van der Waals surface area (Å²) in [5.74, 6) is -0.793. The molecular weight excluding hydrogens is 460 g/mol. The molecule has 8 heteroatoms. The van der Waals surface area contributed by atoms with Gasteiger partial charge in [0.05, 0.1) is 30.0 Å². The molecule has 3 fully saturated rings. The number of benzene rings is 2. The van der Waals surface area contributed by atoms with E-state index in [0.717, 1.165) is 19.3 Å². The Morgan fingerprint density at radius 1 is 0.944 bits per heavy atom. The van der Waals surface area contributed by atoms with E-state index in [-0.39, 0.29) is 48.3 Å². The minimum Gasteiger partial charge on any atom is -0.494 e. The normalized spacial score (nSPS) is 25.8. The van der Waals surface area contributed by atoms with Crippen molar-refractivity contribution in [2.45, 2.75) is 39.5 Å². The van der Waals surface area contributed by atoms with Crippen LogP contribution in [-0.2, 0) is 19.2 Å². The number of ether oxygens (including phenoxy) is 2. The zero-order valence-electron chi connectivity index (χ0n) is 20.5. The average molecular weight is 491 g/mol. The Kier molecular flexibility index (Phi) is 6.51. The first-order chi connectivity index (χ1) is 17.4. The van der Waals surface area contributed by atoms with Crippen LogP contribution < -0.4 is 19.3 Å². The Morgan fingerprint density at radius 2 is 1.69 bits per heavy atom. The predicted molar refractivity (Wildman–Crippen MR) is 133 cm³/mol. The molecule has 2 saturated heterocycles. The minimum absolute atomic E-state index is 0.0520. The highest BCUT2D eigenvalue weighted by molar-refractivity contribution is 6.22. The van der Waals surface area contributed by atoms with Crippen molar-refractivity contribution in [3.05, 3.63) is 48.5 Å². The highest BCUT2D eigenvalue weighted by Crippen LogP contribution is 2.42. The van der Waals surface area contributed by atoms with Crippen LogP contribution in [0.15, 0.2) is 48.5 Å². The number of hydrogen-bond donors (Lipinski definition) is 0. The van der Waals surface area contributed by atoms with Crippen molar-refractivity contribution >= 4 is 35.1 Å². The van der Waals surface area contributed by atoms with E-state index >= 15 is 0 Å². The van der Waals surface area contributed by atoms with Crippen molar-refractivity contribution in [2.24, 2.45) is 23.7 Å². The molecule has 3 aliphatic rings. The molecule has 0 aromatic heterocycles. The van der Waals surface area contributed by atoms with Gasteiger partial charge in [-0.15, -0.1) is 0 Å². The fourth-order valence-corrected chi connectivity index (χ4v) is 5.53. The fourth-order valence-electron chi connectivity index (χ4n) is 5.53. The maximum Gasteiger partial charge on any atom is 0.316 e. The van der Waals surface area contributed by atoms with E-state index in [2.05, 4.69) is 6.92 Å². The second-order valence-electron chi connectivity index (χ2n) is 9.89. The summed E-state index contributed by atoms with van der Waals surface area (Å²) in [5, 5.41) is 0. The molecule has 2 aromatic rings. The molecule has 4 atom stereocenters. The monoisotopic (exact) mass is 490 g/mol. The molecule has 188 valence electrons. The second kappa shape index (κ2) is 9.76. The van der Waals surface area contributed by atoms with Gasteiger partial charge in [-0.05, 0) is 68.5 Å². The Hall–Kier alpha value is -3.68. The van der Waals surface area contributed by atoms with Gasteiger partial charge in [-0.1, -0.05) is 13.0 Å². The van der Waals surface area contributed by atoms with E-state index in [1.54, 1.807) is 53.4 Å². The van der Waals surface area contributed by atoms with E-state index in [0.29, 0.717) is 29.6 Å². The van der Waals surface area contributed by atoms with Crippen molar-refractivity contribution in [1.29, 1.82) is 0 Å². The van der Waals surface area contributed by atoms with Crippen molar-refractivity contribution in [1.82, 2.24) is 0 Å². The number of nitrogens with zero attached hydrogens (tertiary/aromatic N) is 2. The molecule has 0 spiro atoms. The lowest BCUT2D eigenvalue weighted by Crippen LogP contribution is -2.31. The first-order valence-electron chi connectivity index (χ1n) is 12.6. The van der Waals surface area contributed by atoms with Gasteiger partial charge in [0, 0.05) is 24.7 Å². The van der Waals surface area contributed by atoms with Crippen LogP contribution in [0.25, 0.3) is 0 Å². The Bertz CT molecular complexity index is 1190. The zero-order chi connectivity index (χ0) is 25.4. The molecule has 2 aromatic carbocycles. The first-order valence-corrected chi connectivity index (χ1v) is 12.6. The molecule has 1 saturated carbocycles. The van der Waals surface area contributed by atoms with Gasteiger partial charge in [-0.2, -0.15) is 0 Å². The largest absolute Gasteiger partial charge is 0.494 e. The highest BCUT2D eigenvalue weighted by atomic mass is 16.5. The van der Waals surface area contributed by atoms with Crippen LogP contribution in [0.3, 0.4) is 0 Å². The van der Waals surface area contributed by atoms with Crippen molar-refractivity contribution in [3.8, 4) is 11.5 Å². The van der Waals surface area contributed by atoms with Gasteiger partial charge in [0.1, 0.15) is 11.5 Å². The van der Waals surface area contributed by atoms with E-state index in [1.165, 1.54) is 4.90 Å². The Labute approximate surface area is 210 Å². The third kappa shape index (κ3) is 4.47. The summed E-state index contributed by atoms with van der Waals surface area (Å²) >= 11 is 0. The number of amides is 3. The third-order valence-electron chi connectivity index (χ3n) is 7.40. The summed E-state index contributed by atoms with van der Waals surface area (Å²) in [5.41, 5.74) is 1.11. The smallest absolute Gasteiger partial charge is 0.316 e.